The molecule has 0 amide bonds. The van der Waals surface area contributed by atoms with Crippen LogP contribution in [0.1, 0.15) is 52.9 Å². The molecule has 1 N–H and O–H groups in total. The van der Waals surface area contributed by atoms with Gasteiger partial charge in [0.1, 0.15) is 0 Å². The Labute approximate surface area is 105 Å². The second-order valence-corrected chi connectivity index (χ2v) is 5.94. The molecular formula is C14H27NO2. The molecule has 1 fully saturated rings. The SMILES string of the molecule is CCC(C)N(C)CC1(C(=O)O)CCC(C)CC1. The first kappa shape index (κ1) is 14.5. The fourth-order valence-electron chi connectivity index (χ4n) is 2.70. The van der Waals surface area contributed by atoms with Crippen molar-refractivity contribution in [3.05, 3.63) is 0 Å². The highest BCUT2D eigenvalue weighted by Crippen LogP contribution is 2.40. The molecular weight excluding hydrogens is 214 g/mol. The lowest BCUT2D eigenvalue weighted by Crippen LogP contribution is -2.46. The highest BCUT2D eigenvalue weighted by molar-refractivity contribution is 5.75. The lowest BCUT2D eigenvalue weighted by molar-refractivity contribution is -0.153. The van der Waals surface area contributed by atoms with E-state index >= 15 is 0 Å². The number of carbonyl (C=O) groups is 1. The number of nitrogens with zero attached hydrogens (tertiary/aromatic N) is 1. The summed E-state index contributed by atoms with van der Waals surface area (Å²) < 4.78 is 0. The Balaban J connectivity index is 2.69. The van der Waals surface area contributed by atoms with Crippen LogP contribution in [0.25, 0.3) is 0 Å². The van der Waals surface area contributed by atoms with E-state index in [0.717, 1.165) is 32.1 Å². The summed E-state index contributed by atoms with van der Waals surface area (Å²) in [4.78, 5) is 13.8. The number of carboxylic acid groups (broad SMARTS) is 1. The molecule has 0 aliphatic heterocycles. The standard InChI is InChI=1S/C14H27NO2/c1-5-12(3)15(4)10-14(13(16)17)8-6-11(2)7-9-14/h11-12H,5-10H2,1-4H3,(H,16,17). The molecule has 17 heavy (non-hydrogen) atoms. The van der Waals surface area contributed by atoms with E-state index in [2.05, 4.69) is 32.7 Å². The maximum absolute atomic E-state index is 11.6. The van der Waals surface area contributed by atoms with E-state index in [4.69, 9.17) is 0 Å². The average molecular weight is 241 g/mol. The molecule has 1 rings (SSSR count). The van der Waals surface area contributed by atoms with Crippen LogP contribution in [-0.4, -0.2) is 35.6 Å². The molecule has 1 aliphatic rings. The maximum atomic E-state index is 11.6. The van der Waals surface area contributed by atoms with Crippen molar-refractivity contribution < 1.29 is 9.90 Å². The van der Waals surface area contributed by atoms with Crippen LogP contribution >= 0.6 is 0 Å². The minimum atomic E-state index is -0.598. The van der Waals surface area contributed by atoms with Gasteiger partial charge in [0.25, 0.3) is 0 Å². The van der Waals surface area contributed by atoms with Crippen LogP contribution in [0.4, 0.5) is 0 Å². The molecule has 0 radical (unpaired) electrons. The summed E-state index contributed by atoms with van der Waals surface area (Å²) in [6.45, 7) is 7.24. The highest BCUT2D eigenvalue weighted by Gasteiger charge is 2.42. The van der Waals surface area contributed by atoms with E-state index in [0.29, 0.717) is 18.5 Å². The molecule has 0 bridgehead atoms. The third-order valence-electron chi connectivity index (χ3n) is 4.58. The van der Waals surface area contributed by atoms with E-state index in [9.17, 15) is 9.90 Å². The molecule has 0 spiro atoms. The molecule has 1 saturated carbocycles. The van der Waals surface area contributed by atoms with E-state index in [1.165, 1.54) is 0 Å². The monoisotopic (exact) mass is 241 g/mol. The van der Waals surface area contributed by atoms with Gasteiger partial charge in [-0.05, 0) is 52.0 Å². The predicted octanol–water partition coefficient (Wildman–Crippen LogP) is 3.00. The molecule has 1 unspecified atom stereocenters. The molecule has 0 aromatic rings. The van der Waals surface area contributed by atoms with Crippen molar-refractivity contribution >= 4 is 5.97 Å². The molecule has 1 atom stereocenters. The highest BCUT2D eigenvalue weighted by atomic mass is 16.4. The van der Waals surface area contributed by atoms with Gasteiger partial charge in [0.2, 0.25) is 0 Å². The fraction of sp³-hybridized carbons (Fsp3) is 0.929. The Kier molecular flexibility index (Phi) is 4.99. The first-order valence-corrected chi connectivity index (χ1v) is 6.85. The molecule has 0 saturated heterocycles. The maximum Gasteiger partial charge on any atom is 0.310 e. The van der Waals surface area contributed by atoms with Crippen LogP contribution in [0.2, 0.25) is 0 Å². The zero-order valence-electron chi connectivity index (χ0n) is 11.7. The molecule has 1 aliphatic carbocycles. The average Bonchev–Trinajstić information content (AvgIpc) is 2.30. The smallest absolute Gasteiger partial charge is 0.310 e. The first-order chi connectivity index (χ1) is 7.91. The Hall–Kier alpha value is -0.570. The van der Waals surface area contributed by atoms with Crippen molar-refractivity contribution in [3.63, 3.8) is 0 Å². The minimum Gasteiger partial charge on any atom is -0.481 e. The Bertz CT molecular complexity index is 257. The first-order valence-electron chi connectivity index (χ1n) is 6.85. The van der Waals surface area contributed by atoms with E-state index in [-0.39, 0.29) is 0 Å². The zero-order chi connectivity index (χ0) is 13.1. The number of hydrogen-bond acceptors (Lipinski definition) is 2. The van der Waals surface area contributed by atoms with Gasteiger partial charge in [0.15, 0.2) is 0 Å². The summed E-state index contributed by atoms with van der Waals surface area (Å²) in [6.07, 6.45) is 4.86. The summed E-state index contributed by atoms with van der Waals surface area (Å²) in [7, 11) is 2.05. The van der Waals surface area contributed by atoms with Crippen LogP contribution in [0.5, 0.6) is 0 Å². The number of aliphatic carboxylic acids is 1. The second-order valence-electron chi connectivity index (χ2n) is 5.94. The third-order valence-corrected chi connectivity index (χ3v) is 4.58. The summed E-state index contributed by atoms with van der Waals surface area (Å²) in [6, 6.07) is 0.463. The minimum absolute atomic E-state index is 0.463. The topological polar surface area (TPSA) is 40.5 Å². The Morgan fingerprint density at radius 1 is 1.47 bits per heavy atom. The number of rotatable bonds is 5. The fourth-order valence-corrected chi connectivity index (χ4v) is 2.70. The largest absolute Gasteiger partial charge is 0.481 e. The van der Waals surface area contributed by atoms with Crippen molar-refractivity contribution in [2.75, 3.05) is 13.6 Å². The molecule has 3 nitrogen and oxygen atoms in total. The van der Waals surface area contributed by atoms with Gasteiger partial charge in [-0.1, -0.05) is 13.8 Å². The molecule has 0 heterocycles. The summed E-state index contributed by atoms with van der Waals surface area (Å²) in [5.41, 5.74) is -0.495. The molecule has 0 aromatic carbocycles. The molecule has 3 heteroatoms. The Morgan fingerprint density at radius 2 is 2.00 bits per heavy atom. The molecule has 100 valence electrons. The molecule has 0 aromatic heterocycles. The second kappa shape index (κ2) is 5.85. The predicted molar refractivity (Wildman–Crippen MR) is 70.1 cm³/mol. The number of carboxylic acids is 1. The van der Waals surface area contributed by atoms with Gasteiger partial charge in [0.05, 0.1) is 5.41 Å². The van der Waals surface area contributed by atoms with E-state index in [1.807, 2.05) is 0 Å². The number of hydrogen-bond donors (Lipinski definition) is 1. The third kappa shape index (κ3) is 3.44. The van der Waals surface area contributed by atoms with Gasteiger partial charge in [-0.25, -0.2) is 0 Å². The van der Waals surface area contributed by atoms with Crippen molar-refractivity contribution in [3.8, 4) is 0 Å². The van der Waals surface area contributed by atoms with E-state index < -0.39 is 11.4 Å². The van der Waals surface area contributed by atoms with Gasteiger partial charge >= 0.3 is 5.97 Å². The quantitative estimate of drug-likeness (QED) is 0.804. The van der Waals surface area contributed by atoms with Crippen molar-refractivity contribution in [1.29, 1.82) is 0 Å². The van der Waals surface area contributed by atoms with Gasteiger partial charge < -0.3 is 10.0 Å². The summed E-state index contributed by atoms with van der Waals surface area (Å²) >= 11 is 0. The van der Waals surface area contributed by atoms with Crippen molar-refractivity contribution in [1.82, 2.24) is 4.90 Å². The van der Waals surface area contributed by atoms with Crippen molar-refractivity contribution in [2.45, 2.75) is 58.9 Å². The normalized spacial score (nSPS) is 31.5. The van der Waals surface area contributed by atoms with Crippen LogP contribution in [0, 0.1) is 11.3 Å². The lowest BCUT2D eigenvalue weighted by atomic mass is 9.70. The van der Waals surface area contributed by atoms with Gasteiger partial charge in [0, 0.05) is 12.6 Å². The van der Waals surface area contributed by atoms with Gasteiger partial charge in [-0.2, -0.15) is 0 Å². The van der Waals surface area contributed by atoms with Gasteiger partial charge in [-0.3, -0.25) is 4.79 Å². The van der Waals surface area contributed by atoms with E-state index in [1.54, 1.807) is 0 Å². The lowest BCUT2D eigenvalue weighted by Gasteiger charge is -2.40. The zero-order valence-corrected chi connectivity index (χ0v) is 11.7. The van der Waals surface area contributed by atoms with Crippen LogP contribution < -0.4 is 0 Å². The summed E-state index contributed by atoms with van der Waals surface area (Å²) in [5, 5.41) is 9.55. The summed E-state index contributed by atoms with van der Waals surface area (Å²) in [5.74, 6) is 0.0935. The Morgan fingerprint density at radius 3 is 2.41 bits per heavy atom. The van der Waals surface area contributed by atoms with Crippen molar-refractivity contribution in [2.24, 2.45) is 11.3 Å². The van der Waals surface area contributed by atoms with Crippen LogP contribution in [0.3, 0.4) is 0 Å². The van der Waals surface area contributed by atoms with Gasteiger partial charge in [-0.15, -0.1) is 0 Å². The van der Waals surface area contributed by atoms with Crippen LogP contribution in [-0.2, 0) is 4.79 Å². The van der Waals surface area contributed by atoms with Crippen LogP contribution in [0.15, 0.2) is 0 Å².